The van der Waals surface area contributed by atoms with Gasteiger partial charge in [0.05, 0.1) is 12.2 Å². The number of rotatable bonds is 4. The maximum absolute atomic E-state index is 13.7. The number of benzene rings is 1. The van der Waals surface area contributed by atoms with E-state index < -0.39 is 19.0 Å². The number of carbonyl (C=O) groups is 1. The van der Waals surface area contributed by atoms with Gasteiger partial charge in [0.2, 0.25) is 0 Å². The maximum Gasteiger partial charge on any atom is 0.315 e. The van der Waals surface area contributed by atoms with Gasteiger partial charge in [-0.3, -0.25) is 0 Å². The van der Waals surface area contributed by atoms with Crippen LogP contribution < -0.4 is 15.5 Å². The fourth-order valence-electron chi connectivity index (χ4n) is 2.43. The quantitative estimate of drug-likeness (QED) is 0.896. The van der Waals surface area contributed by atoms with Crippen molar-refractivity contribution in [3.8, 4) is 0 Å². The Kier molecular flexibility index (Phi) is 5.30. The Hall–Kier alpha value is -1.92. The average Bonchev–Trinajstić information content (AvgIpc) is 2.46. The molecule has 2 N–H and O–H groups in total. The Labute approximate surface area is 121 Å². The maximum atomic E-state index is 13.7. The van der Waals surface area contributed by atoms with Crippen LogP contribution in [-0.2, 0) is 0 Å². The van der Waals surface area contributed by atoms with Crippen molar-refractivity contribution in [1.82, 2.24) is 10.6 Å². The number of hydrogen-bond acceptors (Lipinski definition) is 2. The van der Waals surface area contributed by atoms with Gasteiger partial charge in [-0.25, -0.2) is 18.0 Å². The predicted octanol–water partition coefficient (Wildman–Crippen LogP) is 2.36. The Morgan fingerprint density at radius 2 is 2.14 bits per heavy atom. The molecule has 1 fully saturated rings. The zero-order valence-corrected chi connectivity index (χ0v) is 11.5. The van der Waals surface area contributed by atoms with Gasteiger partial charge in [-0.05, 0) is 25.0 Å². The molecular formula is C14H18F3N3O. The minimum absolute atomic E-state index is 0.184. The lowest BCUT2D eigenvalue weighted by Gasteiger charge is -2.34. The number of alkyl halides is 2. The molecule has 1 heterocycles. The second kappa shape index (κ2) is 7.19. The zero-order valence-electron chi connectivity index (χ0n) is 11.5. The molecule has 1 aliphatic heterocycles. The number of urea groups is 1. The van der Waals surface area contributed by atoms with E-state index in [0.29, 0.717) is 18.8 Å². The average molecular weight is 301 g/mol. The molecule has 1 aromatic rings. The normalized spacial score (nSPS) is 18.7. The van der Waals surface area contributed by atoms with Crippen molar-refractivity contribution >= 4 is 11.7 Å². The summed E-state index contributed by atoms with van der Waals surface area (Å²) in [6.45, 7) is 0.496. The Balaban J connectivity index is 1.89. The molecule has 1 saturated heterocycles. The third kappa shape index (κ3) is 4.54. The van der Waals surface area contributed by atoms with Crippen LogP contribution in [0.1, 0.15) is 12.8 Å². The number of nitrogens with one attached hydrogen (secondary N) is 2. The smallest absolute Gasteiger partial charge is 0.315 e. The van der Waals surface area contributed by atoms with Gasteiger partial charge in [-0.15, -0.1) is 0 Å². The summed E-state index contributed by atoms with van der Waals surface area (Å²) < 4.78 is 37.8. The Morgan fingerprint density at radius 1 is 1.38 bits per heavy atom. The number of carbonyl (C=O) groups excluding carboxylic acids is 1. The lowest BCUT2D eigenvalue weighted by atomic mass is 10.0. The van der Waals surface area contributed by atoms with E-state index in [1.165, 1.54) is 6.07 Å². The van der Waals surface area contributed by atoms with Gasteiger partial charge in [-0.1, -0.05) is 12.1 Å². The van der Waals surface area contributed by atoms with Crippen LogP contribution in [0.3, 0.4) is 0 Å². The monoisotopic (exact) mass is 301 g/mol. The first-order valence-electron chi connectivity index (χ1n) is 6.88. The van der Waals surface area contributed by atoms with E-state index in [4.69, 9.17) is 0 Å². The zero-order chi connectivity index (χ0) is 15.2. The van der Waals surface area contributed by atoms with Gasteiger partial charge in [0.1, 0.15) is 5.82 Å². The molecule has 0 aromatic heterocycles. The molecule has 0 radical (unpaired) electrons. The third-order valence-corrected chi connectivity index (χ3v) is 3.37. The molecular weight excluding hydrogens is 283 g/mol. The van der Waals surface area contributed by atoms with Crippen LogP contribution in [-0.4, -0.2) is 38.1 Å². The van der Waals surface area contributed by atoms with Crippen LogP contribution in [0.2, 0.25) is 0 Å². The fourth-order valence-corrected chi connectivity index (χ4v) is 2.43. The summed E-state index contributed by atoms with van der Waals surface area (Å²) in [7, 11) is 0. The molecule has 116 valence electrons. The third-order valence-electron chi connectivity index (χ3n) is 3.37. The summed E-state index contributed by atoms with van der Waals surface area (Å²) in [4.78, 5) is 13.3. The summed E-state index contributed by atoms with van der Waals surface area (Å²) in [6.07, 6.45) is -1.03. The molecule has 0 spiro atoms. The second-order valence-electron chi connectivity index (χ2n) is 4.98. The van der Waals surface area contributed by atoms with E-state index in [0.717, 1.165) is 12.8 Å². The molecule has 0 bridgehead atoms. The molecule has 7 heteroatoms. The molecule has 1 atom stereocenters. The molecule has 1 unspecified atom stereocenters. The van der Waals surface area contributed by atoms with Crippen molar-refractivity contribution in [2.24, 2.45) is 0 Å². The summed E-state index contributed by atoms with van der Waals surface area (Å²) in [5.74, 6) is -0.305. The minimum Gasteiger partial charge on any atom is -0.367 e. The molecule has 1 aromatic carbocycles. The summed E-state index contributed by atoms with van der Waals surface area (Å²) in [5.41, 5.74) is 0.497. The first-order chi connectivity index (χ1) is 10.1. The highest BCUT2D eigenvalue weighted by Gasteiger charge is 2.23. The van der Waals surface area contributed by atoms with Crippen molar-refractivity contribution in [3.63, 3.8) is 0 Å². The van der Waals surface area contributed by atoms with Gasteiger partial charge in [0, 0.05) is 19.1 Å². The first-order valence-corrected chi connectivity index (χ1v) is 6.88. The highest BCUT2D eigenvalue weighted by molar-refractivity contribution is 5.74. The van der Waals surface area contributed by atoms with Crippen molar-refractivity contribution in [1.29, 1.82) is 0 Å². The topological polar surface area (TPSA) is 44.4 Å². The largest absolute Gasteiger partial charge is 0.367 e. The van der Waals surface area contributed by atoms with Crippen molar-refractivity contribution in [2.45, 2.75) is 25.3 Å². The van der Waals surface area contributed by atoms with Gasteiger partial charge in [-0.2, -0.15) is 0 Å². The number of anilines is 1. The summed E-state index contributed by atoms with van der Waals surface area (Å²) in [6, 6.07) is 5.66. The second-order valence-corrected chi connectivity index (χ2v) is 4.98. The van der Waals surface area contributed by atoms with Crippen LogP contribution in [0.15, 0.2) is 24.3 Å². The lowest BCUT2D eigenvalue weighted by molar-refractivity contribution is 0.146. The van der Waals surface area contributed by atoms with E-state index in [-0.39, 0.29) is 11.9 Å². The molecule has 0 aliphatic carbocycles. The minimum atomic E-state index is -2.57. The standard InChI is InChI=1S/C14H18F3N3O/c15-11-5-1-2-6-12(11)20-7-3-4-10(9-20)19-14(21)18-8-13(16)17/h1-2,5-6,10,13H,3-4,7-9H2,(H2,18,19,21). The van der Waals surface area contributed by atoms with Gasteiger partial charge in [0.15, 0.2) is 0 Å². The van der Waals surface area contributed by atoms with Crippen LogP contribution in [0, 0.1) is 5.82 Å². The molecule has 2 amide bonds. The van der Waals surface area contributed by atoms with Crippen molar-refractivity contribution in [3.05, 3.63) is 30.1 Å². The lowest BCUT2D eigenvalue weighted by Crippen LogP contribution is -2.51. The molecule has 0 saturated carbocycles. The van der Waals surface area contributed by atoms with E-state index >= 15 is 0 Å². The van der Waals surface area contributed by atoms with Crippen LogP contribution in [0.25, 0.3) is 0 Å². The van der Waals surface area contributed by atoms with E-state index in [1.807, 2.05) is 4.90 Å². The summed E-state index contributed by atoms with van der Waals surface area (Å²) >= 11 is 0. The SMILES string of the molecule is O=C(NCC(F)F)NC1CCCN(c2ccccc2F)C1. The predicted molar refractivity (Wildman–Crippen MR) is 74.2 cm³/mol. The Bertz CT molecular complexity index is 484. The van der Waals surface area contributed by atoms with Crippen LogP contribution in [0.5, 0.6) is 0 Å². The number of halogens is 3. The highest BCUT2D eigenvalue weighted by atomic mass is 19.3. The first kappa shape index (κ1) is 15.5. The fraction of sp³-hybridized carbons (Fsp3) is 0.500. The molecule has 21 heavy (non-hydrogen) atoms. The number of piperidine rings is 1. The molecule has 1 aliphatic rings. The van der Waals surface area contributed by atoms with Gasteiger partial charge >= 0.3 is 6.03 Å². The van der Waals surface area contributed by atoms with Crippen LogP contribution in [0.4, 0.5) is 23.7 Å². The number of hydrogen-bond donors (Lipinski definition) is 2. The van der Waals surface area contributed by atoms with E-state index in [1.54, 1.807) is 18.2 Å². The summed E-state index contributed by atoms with van der Waals surface area (Å²) in [5, 5.41) is 4.75. The highest BCUT2D eigenvalue weighted by Crippen LogP contribution is 2.22. The number of amides is 2. The molecule has 4 nitrogen and oxygen atoms in total. The van der Waals surface area contributed by atoms with Crippen molar-refractivity contribution in [2.75, 3.05) is 24.5 Å². The van der Waals surface area contributed by atoms with Crippen LogP contribution >= 0.6 is 0 Å². The van der Waals surface area contributed by atoms with Gasteiger partial charge < -0.3 is 15.5 Å². The van der Waals surface area contributed by atoms with Gasteiger partial charge in [0.25, 0.3) is 6.43 Å². The van der Waals surface area contributed by atoms with E-state index in [9.17, 15) is 18.0 Å². The number of nitrogens with zero attached hydrogens (tertiary/aromatic N) is 1. The molecule has 2 rings (SSSR count). The van der Waals surface area contributed by atoms with Crippen molar-refractivity contribution < 1.29 is 18.0 Å². The Morgan fingerprint density at radius 3 is 2.86 bits per heavy atom. The van der Waals surface area contributed by atoms with E-state index in [2.05, 4.69) is 10.6 Å². The number of para-hydroxylation sites is 1.